The minimum Gasteiger partial charge on any atom is -0.369 e. The molecule has 22 heavy (non-hydrogen) atoms. The maximum absolute atomic E-state index is 13.2. The molecule has 2 aromatic rings. The lowest BCUT2D eigenvalue weighted by Crippen LogP contribution is -2.39. The van der Waals surface area contributed by atoms with Crippen LogP contribution in [-0.2, 0) is 0 Å². The molecule has 0 spiro atoms. The van der Waals surface area contributed by atoms with Crippen LogP contribution < -0.4 is 10.6 Å². The Balaban J connectivity index is 1.70. The van der Waals surface area contributed by atoms with Crippen molar-refractivity contribution < 1.29 is 4.39 Å². The van der Waals surface area contributed by atoms with Crippen molar-refractivity contribution in [3.63, 3.8) is 0 Å². The SMILES string of the molecule is NC1CCN(c2cnn(-c3ccc(F)cc3)c2C2CC2)CC1. The molecule has 5 heteroatoms. The van der Waals surface area contributed by atoms with Crippen LogP contribution in [0.3, 0.4) is 0 Å². The molecule has 0 atom stereocenters. The van der Waals surface area contributed by atoms with E-state index in [2.05, 4.69) is 10.00 Å². The van der Waals surface area contributed by atoms with Crippen LogP contribution in [0.1, 0.15) is 37.3 Å². The summed E-state index contributed by atoms with van der Waals surface area (Å²) in [6.45, 7) is 1.99. The zero-order valence-corrected chi connectivity index (χ0v) is 12.6. The first-order valence-electron chi connectivity index (χ1n) is 8.07. The third-order valence-corrected chi connectivity index (χ3v) is 4.70. The number of benzene rings is 1. The van der Waals surface area contributed by atoms with Crippen molar-refractivity contribution in [1.82, 2.24) is 9.78 Å². The molecule has 116 valence electrons. The van der Waals surface area contributed by atoms with Crippen LogP contribution in [0, 0.1) is 5.82 Å². The van der Waals surface area contributed by atoms with E-state index in [0.717, 1.165) is 31.6 Å². The predicted octanol–water partition coefficient (Wildman–Crippen LogP) is 2.82. The van der Waals surface area contributed by atoms with Gasteiger partial charge in [0.2, 0.25) is 0 Å². The summed E-state index contributed by atoms with van der Waals surface area (Å²) in [7, 11) is 0. The highest BCUT2D eigenvalue weighted by molar-refractivity contribution is 5.55. The fraction of sp³-hybridized carbons (Fsp3) is 0.471. The number of rotatable bonds is 3. The van der Waals surface area contributed by atoms with Gasteiger partial charge >= 0.3 is 0 Å². The lowest BCUT2D eigenvalue weighted by molar-refractivity contribution is 0.500. The van der Waals surface area contributed by atoms with E-state index in [1.807, 2.05) is 10.9 Å². The summed E-state index contributed by atoms with van der Waals surface area (Å²) in [5, 5.41) is 4.59. The molecule has 2 fully saturated rings. The van der Waals surface area contributed by atoms with Gasteiger partial charge in [-0.15, -0.1) is 0 Å². The first kappa shape index (κ1) is 13.8. The first-order chi connectivity index (χ1) is 10.7. The average molecular weight is 300 g/mol. The Hall–Kier alpha value is -1.88. The van der Waals surface area contributed by atoms with Gasteiger partial charge in [-0.2, -0.15) is 5.10 Å². The fourth-order valence-electron chi connectivity index (χ4n) is 3.26. The van der Waals surface area contributed by atoms with Gasteiger partial charge in [0.05, 0.1) is 23.3 Å². The summed E-state index contributed by atoms with van der Waals surface area (Å²) < 4.78 is 15.1. The maximum atomic E-state index is 13.2. The molecule has 1 aromatic carbocycles. The van der Waals surface area contributed by atoms with E-state index < -0.39 is 0 Å². The molecule has 1 saturated carbocycles. The molecule has 2 heterocycles. The monoisotopic (exact) mass is 300 g/mol. The number of hydrogen-bond acceptors (Lipinski definition) is 3. The van der Waals surface area contributed by atoms with E-state index >= 15 is 0 Å². The molecule has 2 aliphatic rings. The van der Waals surface area contributed by atoms with E-state index in [1.54, 1.807) is 12.1 Å². The van der Waals surface area contributed by atoms with Crippen LogP contribution in [0.2, 0.25) is 0 Å². The Labute approximate surface area is 129 Å². The molecule has 0 radical (unpaired) electrons. The average Bonchev–Trinajstić information content (AvgIpc) is 3.28. The van der Waals surface area contributed by atoms with Gasteiger partial charge in [-0.1, -0.05) is 0 Å². The Kier molecular flexibility index (Phi) is 3.37. The van der Waals surface area contributed by atoms with Gasteiger partial charge in [-0.05, 0) is 49.9 Å². The molecule has 2 N–H and O–H groups in total. The molecule has 1 aliphatic heterocycles. The maximum Gasteiger partial charge on any atom is 0.123 e. The molecule has 1 aliphatic carbocycles. The quantitative estimate of drug-likeness (QED) is 0.948. The largest absolute Gasteiger partial charge is 0.369 e. The Morgan fingerprint density at radius 1 is 1.05 bits per heavy atom. The van der Waals surface area contributed by atoms with Crippen molar-refractivity contribution >= 4 is 5.69 Å². The molecule has 1 aromatic heterocycles. The molecule has 4 nitrogen and oxygen atoms in total. The van der Waals surface area contributed by atoms with Gasteiger partial charge < -0.3 is 10.6 Å². The topological polar surface area (TPSA) is 47.1 Å². The standard InChI is InChI=1S/C17H21FN4/c18-13-3-5-15(6-4-13)22-17(12-1-2-12)16(11-20-22)21-9-7-14(19)8-10-21/h3-6,11-12,14H,1-2,7-10,19H2. The van der Waals surface area contributed by atoms with Gasteiger partial charge in [0.1, 0.15) is 5.82 Å². The predicted molar refractivity (Wildman–Crippen MR) is 84.9 cm³/mol. The Morgan fingerprint density at radius 3 is 2.36 bits per heavy atom. The zero-order chi connectivity index (χ0) is 15.1. The number of hydrogen-bond donors (Lipinski definition) is 1. The summed E-state index contributed by atoms with van der Waals surface area (Å²) >= 11 is 0. The van der Waals surface area contributed by atoms with Gasteiger partial charge in [0.15, 0.2) is 0 Å². The molecular formula is C17H21FN4. The zero-order valence-electron chi connectivity index (χ0n) is 12.6. The number of nitrogens with two attached hydrogens (primary N) is 1. The van der Waals surface area contributed by atoms with Crippen LogP contribution in [0.25, 0.3) is 5.69 Å². The second-order valence-corrected chi connectivity index (χ2v) is 6.40. The van der Waals surface area contributed by atoms with Gasteiger partial charge in [0, 0.05) is 25.0 Å². The van der Waals surface area contributed by atoms with E-state index in [1.165, 1.54) is 36.4 Å². The van der Waals surface area contributed by atoms with Crippen LogP contribution in [0.5, 0.6) is 0 Å². The number of nitrogens with zero attached hydrogens (tertiary/aromatic N) is 3. The molecular weight excluding hydrogens is 279 g/mol. The van der Waals surface area contributed by atoms with Crippen molar-refractivity contribution in [2.45, 2.75) is 37.6 Å². The summed E-state index contributed by atoms with van der Waals surface area (Å²) in [6, 6.07) is 6.90. The van der Waals surface area contributed by atoms with Gasteiger partial charge in [0.25, 0.3) is 0 Å². The highest BCUT2D eigenvalue weighted by Gasteiger charge is 2.33. The lowest BCUT2D eigenvalue weighted by atomic mass is 10.1. The van der Waals surface area contributed by atoms with Crippen LogP contribution in [0.4, 0.5) is 10.1 Å². The van der Waals surface area contributed by atoms with Crippen LogP contribution in [-0.4, -0.2) is 28.9 Å². The normalized spacial score (nSPS) is 19.6. The van der Waals surface area contributed by atoms with Crippen LogP contribution >= 0.6 is 0 Å². The van der Waals surface area contributed by atoms with Gasteiger partial charge in [-0.25, -0.2) is 9.07 Å². The fourth-order valence-corrected chi connectivity index (χ4v) is 3.26. The van der Waals surface area contributed by atoms with Crippen molar-refractivity contribution in [3.05, 3.63) is 42.0 Å². The highest BCUT2D eigenvalue weighted by Crippen LogP contribution is 2.45. The van der Waals surface area contributed by atoms with E-state index in [-0.39, 0.29) is 5.82 Å². The summed E-state index contributed by atoms with van der Waals surface area (Å²) in [4.78, 5) is 2.41. The summed E-state index contributed by atoms with van der Waals surface area (Å²) in [5.41, 5.74) is 9.46. The molecule has 1 saturated heterocycles. The number of aromatic nitrogens is 2. The number of piperidine rings is 1. The van der Waals surface area contributed by atoms with Crippen LogP contribution in [0.15, 0.2) is 30.5 Å². The van der Waals surface area contributed by atoms with E-state index in [0.29, 0.717) is 12.0 Å². The number of halogens is 1. The molecule has 4 rings (SSSR count). The third kappa shape index (κ3) is 2.50. The van der Waals surface area contributed by atoms with Crippen molar-refractivity contribution in [1.29, 1.82) is 0 Å². The van der Waals surface area contributed by atoms with Crippen molar-refractivity contribution in [2.75, 3.05) is 18.0 Å². The minimum absolute atomic E-state index is 0.214. The number of anilines is 1. The minimum atomic E-state index is -0.214. The second kappa shape index (κ2) is 5.39. The Morgan fingerprint density at radius 2 is 1.73 bits per heavy atom. The van der Waals surface area contributed by atoms with Crippen molar-refractivity contribution in [2.24, 2.45) is 5.73 Å². The lowest BCUT2D eigenvalue weighted by Gasteiger charge is -2.32. The molecule has 0 bridgehead atoms. The first-order valence-corrected chi connectivity index (χ1v) is 8.07. The molecule has 0 unspecified atom stereocenters. The summed E-state index contributed by atoms with van der Waals surface area (Å²) in [6.07, 6.45) is 6.46. The van der Waals surface area contributed by atoms with E-state index in [9.17, 15) is 4.39 Å². The van der Waals surface area contributed by atoms with E-state index in [4.69, 9.17) is 5.73 Å². The third-order valence-electron chi connectivity index (χ3n) is 4.70. The summed E-state index contributed by atoms with van der Waals surface area (Å²) in [5.74, 6) is 0.368. The smallest absolute Gasteiger partial charge is 0.123 e. The second-order valence-electron chi connectivity index (χ2n) is 6.40. The van der Waals surface area contributed by atoms with Gasteiger partial charge in [-0.3, -0.25) is 0 Å². The van der Waals surface area contributed by atoms with Crippen molar-refractivity contribution in [3.8, 4) is 5.69 Å². The molecule has 0 amide bonds. The highest BCUT2D eigenvalue weighted by atomic mass is 19.1. The Bertz CT molecular complexity index is 652.